The quantitative estimate of drug-likeness (QED) is 0.367. The van der Waals surface area contributed by atoms with Gasteiger partial charge >= 0.3 is 18.2 Å². The summed E-state index contributed by atoms with van der Waals surface area (Å²) in [5, 5.41) is 17.8. The van der Waals surface area contributed by atoms with Crippen molar-refractivity contribution in [3.63, 3.8) is 0 Å². The Morgan fingerprint density at radius 2 is 1.74 bits per heavy atom. The zero-order valence-electron chi connectivity index (χ0n) is 17.3. The first kappa shape index (κ1) is 22.8. The summed E-state index contributed by atoms with van der Waals surface area (Å²) in [5.74, 6) is -2.11. The summed E-state index contributed by atoms with van der Waals surface area (Å²) in [4.78, 5) is 26.9. The molecule has 0 radical (unpaired) electrons. The Morgan fingerprint density at radius 1 is 1.00 bits per heavy atom. The van der Waals surface area contributed by atoms with Crippen molar-refractivity contribution in [1.82, 2.24) is 15.5 Å². The van der Waals surface area contributed by atoms with Gasteiger partial charge in [0.1, 0.15) is 11.5 Å². The van der Waals surface area contributed by atoms with E-state index in [1.165, 1.54) is 18.2 Å². The third kappa shape index (κ3) is 4.98. The van der Waals surface area contributed by atoms with Crippen molar-refractivity contribution in [2.45, 2.75) is 18.6 Å². The standard InChI is InChI=1S/C23H17F3N4O4/c24-23(25,26)21(31)28-17(12-13-6-5-11-19(27-13)29-22(32)33)14-7-1-2-8-15(14)20-16-9-3-4-10-18(16)34-30-20/h1-11,17H,12H2,(H,27,29)(H,28,31)(H,32,33). The third-order valence-corrected chi connectivity index (χ3v) is 4.99. The molecule has 34 heavy (non-hydrogen) atoms. The van der Waals surface area contributed by atoms with Crippen LogP contribution in [0.25, 0.3) is 22.2 Å². The van der Waals surface area contributed by atoms with Crippen molar-refractivity contribution in [3.8, 4) is 11.3 Å². The summed E-state index contributed by atoms with van der Waals surface area (Å²) in [6.07, 6.45) is -6.59. The van der Waals surface area contributed by atoms with Gasteiger partial charge in [-0.05, 0) is 29.8 Å². The highest BCUT2D eigenvalue weighted by Gasteiger charge is 2.40. The summed E-state index contributed by atoms with van der Waals surface area (Å²) >= 11 is 0. The molecule has 2 heterocycles. The highest BCUT2D eigenvalue weighted by atomic mass is 19.4. The summed E-state index contributed by atoms with van der Waals surface area (Å²) in [6.45, 7) is 0. The average molecular weight is 470 g/mol. The monoisotopic (exact) mass is 470 g/mol. The van der Waals surface area contributed by atoms with E-state index in [2.05, 4.69) is 15.5 Å². The number of hydrogen-bond donors (Lipinski definition) is 3. The fraction of sp³-hybridized carbons (Fsp3) is 0.130. The molecule has 2 aromatic heterocycles. The zero-order chi connectivity index (χ0) is 24.3. The van der Waals surface area contributed by atoms with Crippen molar-refractivity contribution in [1.29, 1.82) is 0 Å². The second kappa shape index (κ2) is 9.22. The number of fused-ring (bicyclic) bond motifs is 1. The van der Waals surface area contributed by atoms with Gasteiger partial charge in [-0.15, -0.1) is 0 Å². The largest absolute Gasteiger partial charge is 0.471 e. The molecule has 1 atom stereocenters. The zero-order valence-corrected chi connectivity index (χ0v) is 17.3. The molecule has 0 saturated carbocycles. The molecule has 0 aliphatic rings. The topological polar surface area (TPSA) is 117 Å². The molecule has 4 aromatic rings. The molecular weight excluding hydrogens is 453 g/mol. The second-order valence-electron chi connectivity index (χ2n) is 7.29. The Bertz CT molecular complexity index is 1350. The van der Waals surface area contributed by atoms with E-state index in [-0.39, 0.29) is 17.9 Å². The van der Waals surface area contributed by atoms with Crippen LogP contribution >= 0.6 is 0 Å². The summed E-state index contributed by atoms with van der Waals surface area (Å²) in [5.41, 5.74) is 2.00. The maximum absolute atomic E-state index is 13.1. The molecule has 174 valence electrons. The average Bonchev–Trinajstić information content (AvgIpc) is 3.22. The number of benzene rings is 2. The molecule has 4 rings (SSSR count). The number of alkyl halides is 3. The van der Waals surface area contributed by atoms with Gasteiger partial charge in [-0.1, -0.05) is 47.6 Å². The number of anilines is 1. The van der Waals surface area contributed by atoms with Gasteiger partial charge in [-0.2, -0.15) is 13.2 Å². The summed E-state index contributed by atoms with van der Waals surface area (Å²) in [7, 11) is 0. The van der Waals surface area contributed by atoms with Crippen LogP contribution in [0.2, 0.25) is 0 Å². The van der Waals surface area contributed by atoms with Crippen LogP contribution in [-0.4, -0.2) is 33.4 Å². The number of nitrogens with zero attached hydrogens (tertiary/aromatic N) is 2. The lowest BCUT2D eigenvalue weighted by molar-refractivity contribution is -0.174. The highest BCUT2D eigenvalue weighted by molar-refractivity contribution is 5.92. The van der Waals surface area contributed by atoms with Crippen LogP contribution in [0.1, 0.15) is 17.3 Å². The van der Waals surface area contributed by atoms with Crippen LogP contribution in [0, 0.1) is 0 Å². The third-order valence-electron chi connectivity index (χ3n) is 4.99. The predicted octanol–water partition coefficient (Wildman–Crippen LogP) is 4.94. The van der Waals surface area contributed by atoms with E-state index < -0.39 is 24.2 Å². The summed E-state index contributed by atoms with van der Waals surface area (Å²) < 4.78 is 44.7. The van der Waals surface area contributed by atoms with E-state index in [0.29, 0.717) is 27.8 Å². The number of nitrogens with one attached hydrogen (secondary N) is 2. The van der Waals surface area contributed by atoms with Crippen LogP contribution in [0.5, 0.6) is 0 Å². The van der Waals surface area contributed by atoms with Crippen molar-refractivity contribution in [2.24, 2.45) is 0 Å². The van der Waals surface area contributed by atoms with Gasteiger partial charge in [0.2, 0.25) is 0 Å². The normalized spacial score (nSPS) is 12.3. The molecule has 0 fully saturated rings. The Kier molecular flexibility index (Phi) is 6.17. The van der Waals surface area contributed by atoms with Crippen LogP contribution < -0.4 is 10.6 Å². The number of amides is 2. The predicted molar refractivity (Wildman–Crippen MR) is 116 cm³/mol. The summed E-state index contributed by atoms with van der Waals surface area (Å²) in [6, 6.07) is 16.9. The molecule has 0 spiro atoms. The molecule has 0 bridgehead atoms. The maximum atomic E-state index is 13.1. The Morgan fingerprint density at radius 3 is 2.50 bits per heavy atom. The van der Waals surface area contributed by atoms with Crippen LogP contribution in [0.15, 0.2) is 71.3 Å². The maximum Gasteiger partial charge on any atom is 0.471 e. The Balaban J connectivity index is 1.77. The fourth-order valence-corrected chi connectivity index (χ4v) is 3.56. The van der Waals surface area contributed by atoms with Gasteiger partial charge in [0.25, 0.3) is 0 Å². The van der Waals surface area contributed by atoms with Crippen molar-refractivity contribution in [3.05, 3.63) is 78.0 Å². The van der Waals surface area contributed by atoms with E-state index in [1.54, 1.807) is 48.5 Å². The van der Waals surface area contributed by atoms with Crippen molar-refractivity contribution >= 4 is 28.8 Å². The highest BCUT2D eigenvalue weighted by Crippen LogP contribution is 2.34. The van der Waals surface area contributed by atoms with Gasteiger partial charge in [0.15, 0.2) is 5.58 Å². The van der Waals surface area contributed by atoms with E-state index in [0.717, 1.165) is 0 Å². The fourth-order valence-electron chi connectivity index (χ4n) is 3.56. The molecule has 3 N–H and O–H groups in total. The van der Waals surface area contributed by atoms with Crippen LogP contribution in [-0.2, 0) is 11.2 Å². The van der Waals surface area contributed by atoms with Crippen LogP contribution in [0.4, 0.5) is 23.8 Å². The number of aromatic nitrogens is 2. The number of rotatable bonds is 6. The lowest BCUT2D eigenvalue weighted by Crippen LogP contribution is -2.40. The van der Waals surface area contributed by atoms with Gasteiger partial charge in [0.05, 0.1) is 6.04 Å². The number of carbonyl (C=O) groups excluding carboxylic acids is 1. The molecule has 11 heteroatoms. The lowest BCUT2D eigenvalue weighted by atomic mass is 9.93. The molecule has 2 amide bonds. The first-order valence-electron chi connectivity index (χ1n) is 9.99. The van der Waals surface area contributed by atoms with Crippen molar-refractivity contribution in [2.75, 3.05) is 5.32 Å². The smallest absolute Gasteiger partial charge is 0.465 e. The van der Waals surface area contributed by atoms with Gasteiger partial charge in [-0.3, -0.25) is 10.1 Å². The number of carboxylic acid groups (broad SMARTS) is 1. The SMILES string of the molecule is O=C(O)Nc1cccc(CC(NC(=O)C(F)(F)F)c2ccccc2-c2noc3ccccc23)n1. The van der Waals surface area contributed by atoms with Gasteiger partial charge < -0.3 is 14.9 Å². The molecular formula is C23H17F3N4O4. The molecule has 0 aliphatic carbocycles. The molecule has 0 saturated heterocycles. The number of hydrogen-bond acceptors (Lipinski definition) is 5. The lowest BCUT2D eigenvalue weighted by Gasteiger charge is -2.22. The molecule has 2 aromatic carbocycles. The number of para-hydroxylation sites is 1. The van der Waals surface area contributed by atoms with Gasteiger partial charge in [0, 0.05) is 23.1 Å². The van der Waals surface area contributed by atoms with Crippen LogP contribution in [0.3, 0.4) is 0 Å². The minimum absolute atomic E-state index is 0.00155. The molecule has 1 unspecified atom stereocenters. The van der Waals surface area contributed by atoms with E-state index in [1.807, 2.05) is 5.32 Å². The minimum atomic E-state index is -5.10. The number of halogens is 3. The minimum Gasteiger partial charge on any atom is -0.465 e. The Labute approximate surface area is 190 Å². The van der Waals surface area contributed by atoms with E-state index in [9.17, 15) is 22.8 Å². The van der Waals surface area contributed by atoms with Crippen molar-refractivity contribution < 1.29 is 32.4 Å². The van der Waals surface area contributed by atoms with E-state index >= 15 is 0 Å². The number of pyridine rings is 1. The molecule has 8 nitrogen and oxygen atoms in total. The van der Waals surface area contributed by atoms with E-state index in [4.69, 9.17) is 9.63 Å². The molecule has 0 aliphatic heterocycles. The van der Waals surface area contributed by atoms with Gasteiger partial charge in [-0.25, -0.2) is 9.78 Å². The first-order valence-corrected chi connectivity index (χ1v) is 9.99. The second-order valence-corrected chi connectivity index (χ2v) is 7.29. The number of carbonyl (C=O) groups is 2. The Hall–Kier alpha value is -4.41. The first-order chi connectivity index (χ1) is 16.2.